The van der Waals surface area contributed by atoms with Crippen LogP contribution < -0.4 is 0 Å². The molecule has 0 aromatic heterocycles. The number of hydrogen-bond acceptors (Lipinski definition) is 20. The molecule has 10 rings (SSSR count). The molecule has 0 aromatic carbocycles. The average molecular weight is 1450 g/mol. The number of hydrogen-bond donors (Lipinski definition) is 0. The first kappa shape index (κ1) is 112. The molecule has 0 aromatic rings. The third kappa shape index (κ3) is 111. The Kier molecular flexibility index (Phi) is 146. The lowest BCUT2D eigenvalue weighted by Crippen LogP contribution is -2.21. The van der Waals surface area contributed by atoms with Gasteiger partial charge in [-0.3, -0.25) is 0 Å². The van der Waals surface area contributed by atoms with Crippen LogP contribution in [0.5, 0.6) is 0 Å². The van der Waals surface area contributed by atoms with Crippen molar-refractivity contribution in [2.24, 2.45) is 11.8 Å². The quantitative estimate of drug-likeness (QED) is 0.230. The fraction of sp³-hybridized carbons (Fsp3) is 1.00. The minimum Gasteiger partial charge on any atom is -0.371 e. The van der Waals surface area contributed by atoms with E-state index in [2.05, 4.69) is 119 Å². The highest BCUT2D eigenvalue weighted by atomic mass is 32.2. The maximum absolute atomic E-state index is 5.24. The van der Waals surface area contributed by atoms with Crippen LogP contribution in [0.15, 0.2) is 0 Å². The van der Waals surface area contributed by atoms with E-state index >= 15 is 0 Å². The third-order valence-electron chi connectivity index (χ3n) is 9.73. The minimum absolute atomic E-state index is 0.0359. The third-order valence-corrected chi connectivity index (χ3v) is 22.3. The zero-order valence-electron chi connectivity index (χ0n) is 63.4. The predicted octanol–water partition coefficient (Wildman–Crippen LogP) is 24.1. The van der Waals surface area contributed by atoms with Gasteiger partial charge in [-0.1, -0.05) is 166 Å². The highest BCUT2D eigenvalue weighted by Gasteiger charge is 2.11. The molecule has 10 saturated heterocycles. The molecule has 0 aliphatic carbocycles. The van der Waals surface area contributed by atoms with Crippen LogP contribution >= 0.6 is 118 Å². The van der Waals surface area contributed by atoms with Gasteiger partial charge in [0.25, 0.3) is 0 Å². The molecule has 548 valence electrons. The van der Waals surface area contributed by atoms with E-state index in [4.69, 9.17) is 47.4 Å². The molecule has 0 saturated carbocycles. The van der Waals surface area contributed by atoms with Gasteiger partial charge in [0.05, 0.1) is 69.0 Å². The van der Waals surface area contributed by atoms with Crippen molar-refractivity contribution >= 4 is 118 Å². The summed E-state index contributed by atoms with van der Waals surface area (Å²) >= 11 is 20.0. The van der Waals surface area contributed by atoms with Crippen LogP contribution in [0.4, 0.5) is 0 Å². The first-order valence-corrected chi connectivity index (χ1v) is 46.1. The van der Waals surface area contributed by atoms with Crippen molar-refractivity contribution in [3.8, 4) is 0 Å². The first-order valence-electron chi connectivity index (χ1n) is 35.0. The number of ether oxygens (including phenoxy) is 10. The van der Waals surface area contributed by atoms with E-state index in [0.717, 1.165) is 123 Å². The van der Waals surface area contributed by atoms with Gasteiger partial charge >= 0.3 is 0 Å². The predicted molar refractivity (Wildman–Crippen MR) is 429 cm³/mol. The highest BCUT2D eigenvalue weighted by molar-refractivity contribution is 8.17. The molecule has 10 heterocycles. The smallest absolute Gasteiger partial charge is 0.154 e. The minimum atomic E-state index is 0.0359. The van der Waals surface area contributed by atoms with E-state index in [1.165, 1.54) is 88.3 Å². The summed E-state index contributed by atoms with van der Waals surface area (Å²) in [6, 6.07) is 0. The van der Waals surface area contributed by atoms with E-state index in [1.54, 1.807) is 0 Å². The molecule has 5 atom stereocenters. The lowest BCUT2D eigenvalue weighted by molar-refractivity contribution is -0.167. The Hall–Kier alpha value is 3.10. The van der Waals surface area contributed by atoms with Gasteiger partial charge < -0.3 is 47.4 Å². The molecule has 10 aliphatic heterocycles. The van der Waals surface area contributed by atoms with Crippen LogP contribution in [0.2, 0.25) is 0 Å². The Morgan fingerprint density at radius 3 is 0.966 bits per heavy atom. The molecule has 5 unspecified atom stereocenters. The van der Waals surface area contributed by atoms with Crippen LogP contribution in [0.1, 0.15) is 245 Å². The zero-order valence-corrected chi connectivity index (χ0v) is 71.6. The van der Waals surface area contributed by atoms with E-state index in [1.807, 2.05) is 192 Å². The van der Waals surface area contributed by atoms with E-state index in [-0.39, 0.29) is 6.29 Å². The summed E-state index contributed by atoms with van der Waals surface area (Å²) in [7, 11) is 0. The molecule has 0 bridgehead atoms. The van der Waals surface area contributed by atoms with Gasteiger partial charge in [-0.2, -0.15) is 35.3 Å². The van der Waals surface area contributed by atoms with Crippen molar-refractivity contribution in [3.05, 3.63) is 0 Å². The van der Waals surface area contributed by atoms with Gasteiger partial charge in [-0.05, 0) is 131 Å². The van der Waals surface area contributed by atoms with Crippen LogP contribution in [0.25, 0.3) is 0 Å². The second kappa shape index (κ2) is 114. The van der Waals surface area contributed by atoms with Crippen molar-refractivity contribution in [3.63, 3.8) is 0 Å². The Bertz CT molecular complexity index is 755. The van der Waals surface area contributed by atoms with E-state index in [9.17, 15) is 0 Å². The topological polar surface area (TPSA) is 92.3 Å². The molecule has 0 spiro atoms. The first-order chi connectivity index (χ1) is 43.2. The Morgan fingerprint density at radius 2 is 0.761 bits per heavy atom. The van der Waals surface area contributed by atoms with Crippen molar-refractivity contribution in [1.82, 2.24) is 0 Å². The molecule has 10 fully saturated rings. The molecular weight excluding hydrogens is 1300 g/mol. The average Bonchev–Trinajstić information content (AvgIpc) is 3.63. The molecule has 0 radical (unpaired) electrons. The fourth-order valence-corrected chi connectivity index (χ4v) is 16.2. The van der Waals surface area contributed by atoms with Crippen LogP contribution in [0, 0.1) is 11.8 Å². The van der Waals surface area contributed by atoms with Gasteiger partial charge in [-0.25, -0.2) is 0 Å². The summed E-state index contributed by atoms with van der Waals surface area (Å²) in [5.74, 6) is 15.2. The lowest BCUT2D eigenvalue weighted by atomic mass is 10.2. The van der Waals surface area contributed by atoms with Crippen molar-refractivity contribution in [2.45, 2.75) is 278 Å². The zero-order chi connectivity index (χ0) is 69.4. The van der Waals surface area contributed by atoms with Crippen molar-refractivity contribution < 1.29 is 47.4 Å². The van der Waals surface area contributed by atoms with Gasteiger partial charge in [0, 0.05) is 50.8 Å². The summed E-state index contributed by atoms with van der Waals surface area (Å²) in [6.07, 6.45) is 10.1. The standard InChI is InChI=1S/2C5H10O2.3C5H10OS.3C5H10S2.C4H8O2.C4H8OS.10C2H6/c1-5-2-3-6-4-7-5;1-5-6-3-2-4-7-5;1-5-2-6-4-7-3-5;1-5-2-3-6-4-7-5;1-5-6-3-2-4-7-5;1-5-2-6-4-7-3-5;1-5-2-3-6-4-7-5;1-5-6-3-2-4-7-5;2*1-2-5-4-6-3-1;10*1-2/h8*5H,2-4H2,1H3;2*1-4H2;10*1-2H3. The largest absolute Gasteiger partial charge is 0.371 e. The summed E-state index contributed by atoms with van der Waals surface area (Å²) in [4.78, 5) is 0. The maximum Gasteiger partial charge on any atom is 0.154 e. The molecule has 0 amide bonds. The SMILES string of the molecule is C1COCOC1.C1COCSC1.CC.CC.CC.CC.CC.CC.CC.CC.CC.CC.CC1CCOCO1.CC1CCOCS1.CC1CCSCS1.CC1COCSC1.CC1CSCSC1.CC1OCCCO1.CC1OCCCS1.CC1SCCCS1. The Morgan fingerprint density at radius 1 is 0.295 bits per heavy atom. The Labute approximate surface area is 597 Å². The molecular formula is C68H156O10S10. The molecule has 10 aliphatic rings. The van der Waals surface area contributed by atoms with E-state index in [0.29, 0.717) is 25.1 Å². The molecule has 20 heteroatoms. The highest BCUT2D eigenvalue weighted by Crippen LogP contribution is 2.29. The number of rotatable bonds is 0. The second-order valence-electron chi connectivity index (χ2n) is 16.9. The number of thioether (sulfide) groups is 10. The van der Waals surface area contributed by atoms with E-state index < -0.39 is 0 Å². The summed E-state index contributed by atoms with van der Waals surface area (Å²) in [5.41, 5.74) is 0.453. The molecule has 10 nitrogen and oxygen atoms in total. The maximum atomic E-state index is 5.24. The van der Waals surface area contributed by atoms with Gasteiger partial charge in [-0.15, -0.1) is 82.3 Å². The van der Waals surface area contributed by atoms with Gasteiger partial charge in [0.2, 0.25) is 0 Å². The lowest BCUT2D eigenvalue weighted by Gasteiger charge is -2.18. The fourth-order valence-electron chi connectivity index (χ4n) is 5.58. The van der Waals surface area contributed by atoms with Gasteiger partial charge in [0.15, 0.2) is 6.29 Å². The Balaban J connectivity index is -0.0000000930. The molecule has 88 heavy (non-hydrogen) atoms. The van der Waals surface area contributed by atoms with Crippen LogP contribution in [0.3, 0.4) is 0 Å². The van der Waals surface area contributed by atoms with Crippen molar-refractivity contribution in [2.75, 3.05) is 147 Å². The normalized spacial score (nSPS) is 23.1. The van der Waals surface area contributed by atoms with Crippen LogP contribution in [-0.2, 0) is 47.4 Å². The van der Waals surface area contributed by atoms with Crippen molar-refractivity contribution in [1.29, 1.82) is 0 Å². The summed E-state index contributed by atoms with van der Waals surface area (Å²) < 4.78 is 51.2. The summed E-state index contributed by atoms with van der Waals surface area (Å²) in [6.45, 7) is 66.6. The molecule has 0 N–H and O–H groups in total. The van der Waals surface area contributed by atoms with Crippen LogP contribution in [-0.4, -0.2) is 180 Å². The monoisotopic (exact) mass is 1450 g/mol. The second-order valence-corrected chi connectivity index (χ2v) is 30.2. The van der Waals surface area contributed by atoms with Gasteiger partial charge in [0.1, 0.15) is 13.6 Å². The summed E-state index contributed by atoms with van der Waals surface area (Å²) in [5, 5.41) is 4.40.